The highest BCUT2D eigenvalue weighted by atomic mass is 16.5. The molecule has 0 saturated heterocycles. The number of hydrogen-bond acceptors (Lipinski definition) is 3. The maximum Gasteiger partial charge on any atom is 0.250 e. The van der Waals surface area contributed by atoms with Crippen LogP contribution in [0.1, 0.15) is 64.0 Å². The van der Waals surface area contributed by atoms with E-state index >= 15 is 0 Å². The van der Waals surface area contributed by atoms with Gasteiger partial charge in [-0.15, -0.1) is 0 Å². The zero-order valence-corrected chi connectivity index (χ0v) is 16.7. The Bertz CT molecular complexity index is 702. The van der Waals surface area contributed by atoms with Crippen LogP contribution >= 0.6 is 0 Å². The third-order valence-corrected chi connectivity index (χ3v) is 5.77. The van der Waals surface area contributed by atoms with Crippen LogP contribution in [0, 0.1) is 0 Å². The van der Waals surface area contributed by atoms with Crippen molar-refractivity contribution in [3.05, 3.63) is 34.9 Å². The van der Waals surface area contributed by atoms with Crippen LogP contribution in [-0.2, 0) is 10.2 Å². The summed E-state index contributed by atoms with van der Waals surface area (Å²) in [6, 6.07) is 6.39. The molecule has 1 aromatic carbocycles. The molecule has 0 radical (unpaired) electrons. The van der Waals surface area contributed by atoms with Gasteiger partial charge in [-0.05, 0) is 37.0 Å². The molecular weight excluding hydrogens is 324 g/mol. The Morgan fingerprint density at radius 2 is 1.88 bits per heavy atom. The van der Waals surface area contributed by atoms with Crippen LogP contribution in [0.25, 0.3) is 5.70 Å². The lowest BCUT2D eigenvalue weighted by molar-refractivity contribution is -0.118. The quantitative estimate of drug-likeness (QED) is 0.800. The van der Waals surface area contributed by atoms with Crippen molar-refractivity contribution in [2.45, 2.75) is 58.3 Å². The van der Waals surface area contributed by atoms with Crippen LogP contribution in [-0.4, -0.2) is 37.6 Å². The first-order chi connectivity index (χ1) is 12.6. The fraction of sp³-hybridized carbons (Fsp3) is 0.591. The SMILES string of the molecule is CCCN1CCNC(=O)C2=C1c1cc(OC)ccc1C2(CCC)CCC. The highest BCUT2D eigenvalue weighted by molar-refractivity contribution is 6.07. The molecule has 0 saturated carbocycles. The van der Waals surface area contributed by atoms with Crippen molar-refractivity contribution >= 4 is 11.6 Å². The van der Waals surface area contributed by atoms with E-state index in [0.29, 0.717) is 6.54 Å². The minimum Gasteiger partial charge on any atom is -0.497 e. The molecule has 0 fully saturated rings. The number of nitrogens with zero attached hydrogens (tertiary/aromatic N) is 1. The van der Waals surface area contributed by atoms with Crippen molar-refractivity contribution in [2.24, 2.45) is 0 Å². The van der Waals surface area contributed by atoms with Gasteiger partial charge in [-0.25, -0.2) is 0 Å². The van der Waals surface area contributed by atoms with E-state index in [2.05, 4.69) is 43.1 Å². The van der Waals surface area contributed by atoms with Gasteiger partial charge in [0.1, 0.15) is 5.75 Å². The maximum absolute atomic E-state index is 13.2. The molecule has 1 aliphatic heterocycles. The molecule has 26 heavy (non-hydrogen) atoms. The standard InChI is InChI=1S/C22H32N2O2/c1-5-10-22(11-6-2)18-9-8-16(26-4)15-17(18)20-19(22)21(25)23-12-14-24(20)13-7-3/h8-9,15H,5-7,10-14H2,1-4H3,(H,23,25). The first-order valence-corrected chi connectivity index (χ1v) is 10.1. The van der Waals surface area contributed by atoms with E-state index in [1.54, 1.807) is 7.11 Å². The Kier molecular flexibility index (Phi) is 5.59. The molecule has 4 nitrogen and oxygen atoms in total. The largest absolute Gasteiger partial charge is 0.497 e. The van der Waals surface area contributed by atoms with Gasteiger partial charge in [0.2, 0.25) is 5.91 Å². The van der Waals surface area contributed by atoms with Gasteiger partial charge in [0.05, 0.1) is 18.4 Å². The molecule has 1 N–H and O–H groups in total. The van der Waals surface area contributed by atoms with Gasteiger partial charge >= 0.3 is 0 Å². The fourth-order valence-corrected chi connectivity index (χ4v) is 4.91. The average Bonchev–Trinajstić information content (AvgIpc) is 2.79. The van der Waals surface area contributed by atoms with Crippen molar-refractivity contribution in [3.63, 3.8) is 0 Å². The van der Waals surface area contributed by atoms with Gasteiger partial charge < -0.3 is 15.0 Å². The topological polar surface area (TPSA) is 41.6 Å². The number of nitrogens with one attached hydrogen (secondary N) is 1. The van der Waals surface area contributed by atoms with Gasteiger partial charge in [0.25, 0.3) is 0 Å². The molecule has 142 valence electrons. The minimum atomic E-state index is -0.180. The molecule has 1 heterocycles. The van der Waals surface area contributed by atoms with Crippen molar-refractivity contribution in [3.8, 4) is 5.75 Å². The third kappa shape index (κ3) is 2.89. The molecule has 4 heteroatoms. The second kappa shape index (κ2) is 7.73. The van der Waals surface area contributed by atoms with Crippen LogP contribution in [0.3, 0.4) is 0 Å². The number of fused-ring (bicyclic) bond motifs is 2. The predicted octanol–water partition coefficient (Wildman–Crippen LogP) is 4.10. The third-order valence-electron chi connectivity index (χ3n) is 5.77. The number of carbonyl (C=O) groups excluding carboxylic acids is 1. The van der Waals surface area contributed by atoms with E-state index < -0.39 is 0 Å². The lowest BCUT2D eigenvalue weighted by Gasteiger charge is -2.33. The number of hydrogen-bond donors (Lipinski definition) is 1. The first-order valence-electron chi connectivity index (χ1n) is 10.1. The van der Waals surface area contributed by atoms with E-state index in [4.69, 9.17) is 4.74 Å². The highest BCUT2D eigenvalue weighted by Crippen LogP contribution is 2.53. The zero-order chi connectivity index (χ0) is 18.7. The zero-order valence-electron chi connectivity index (χ0n) is 16.7. The minimum absolute atomic E-state index is 0.121. The van der Waals surface area contributed by atoms with Gasteiger partial charge in [0, 0.05) is 30.6 Å². The van der Waals surface area contributed by atoms with Crippen molar-refractivity contribution in [1.82, 2.24) is 10.2 Å². The number of methoxy groups -OCH3 is 1. The summed E-state index contributed by atoms with van der Waals surface area (Å²) in [6.45, 7) is 9.18. The van der Waals surface area contributed by atoms with Gasteiger partial charge in [-0.2, -0.15) is 0 Å². The lowest BCUT2D eigenvalue weighted by Crippen LogP contribution is -2.36. The van der Waals surface area contributed by atoms with Crippen LogP contribution in [0.15, 0.2) is 23.8 Å². The smallest absolute Gasteiger partial charge is 0.250 e. The monoisotopic (exact) mass is 356 g/mol. The van der Waals surface area contributed by atoms with Crippen LogP contribution < -0.4 is 10.1 Å². The summed E-state index contributed by atoms with van der Waals surface area (Å²) in [5.41, 5.74) is 4.48. The summed E-state index contributed by atoms with van der Waals surface area (Å²) in [7, 11) is 1.71. The number of ether oxygens (including phenoxy) is 1. The van der Waals surface area contributed by atoms with E-state index in [0.717, 1.165) is 62.2 Å². The Morgan fingerprint density at radius 1 is 1.15 bits per heavy atom. The number of benzene rings is 1. The fourth-order valence-electron chi connectivity index (χ4n) is 4.91. The normalized spacial score (nSPS) is 18.3. The molecule has 0 aromatic heterocycles. The van der Waals surface area contributed by atoms with E-state index in [-0.39, 0.29) is 11.3 Å². The van der Waals surface area contributed by atoms with Crippen molar-refractivity contribution in [2.75, 3.05) is 26.7 Å². The van der Waals surface area contributed by atoms with E-state index in [1.165, 1.54) is 11.1 Å². The van der Waals surface area contributed by atoms with E-state index in [1.807, 2.05) is 6.07 Å². The maximum atomic E-state index is 13.2. The first kappa shape index (κ1) is 18.8. The Balaban J connectivity index is 2.30. The molecule has 1 aliphatic carbocycles. The Hall–Kier alpha value is -1.97. The molecule has 1 amide bonds. The Morgan fingerprint density at radius 3 is 2.50 bits per heavy atom. The molecule has 0 bridgehead atoms. The van der Waals surface area contributed by atoms with Gasteiger partial charge in [-0.1, -0.05) is 39.7 Å². The molecule has 0 spiro atoms. The summed E-state index contributed by atoms with van der Waals surface area (Å²) in [5.74, 6) is 0.983. The van der Waals surface area contributed by atoms with Crippen molar-refractivity contribution < 1.29 is 9.53 Å². The summed E-state index contributed by atoms with van der Waals surface area (Å²) in [4.78, 5) is 15.6. The molecule has 0 unspecified atom stereocenters. The van der Waals surface area contributed by atoms with Gasteiger partial charge in [0.15, 0.2) is 0 Å². The summed E-state index contributed by atoms with van der Waals surface area (Å²) >= 11 is 0. The summed E-state index contributed by atoms with van der Waals surface area (Å²) < 4.78 is 5.52. The van der Waals surface area contributed by atoms with E-state index in [9.17, 15) is 4.79 Å². The summed E-state index contributed by atoms with van der Waals surface area (Å²) in [6.07, 6.45) is 5.20. The molecular formula is C22H32N2O2. The second-order valence-electron chi connectivity index (χ2n) is 7.46. The summed E-state index contributed by atoms with van der Waals surface area (Å²) in [5, 5.41) is 3.17. The number of rotatable bonds is 7. The second-order valence-corrected chi connectivity index (χ2v) is 7.46. The van der Waals surface area contributed by atoms with Crippen LogP contribution in [0.5, 0.6) is 5.75 Å². The molecule has 0 atom stereocenters. The molecule has 2 aliphatic rings. The molecule has 3 rings (SSSR count). The van der Waals surface area contributed by atoms with Crippen LogP contribution in [0.4, 0.5) is 0 Å². The lowest BCUT2D eigenvalue weighted by atomic mass is 9.70. The number of amides is 1. The molecule has 1 aromatic rings. The Labute approximate surface area is 157 Å². The van der Waals surface area contributed by atoms with Gasteiger partial charge in [-0.3, -0.25) is 4.79 Å². The number of carbonyl (C=O) groups is 1. The highest BCUT2D eigenvalue weighted by Gasteiger charge is 2.48. The van der Waals surface area contributed by atoms with Crippen LogP contribution in [0.2, 0.25) is 0 Å². The van der Waals surface area contributed by atoms with Crippen molar-refractivity contribution in [1.29, 1.82) is 0 Å². The average molecular weight is 357 g/mol. The predicted molar refractivity (Wildman–Crippen MR) is 106 cm³/mol.